The van der Waals surface area contributed by atoms with E-state index in [0.29, 0.717) is 19.6 Å². The molecule has 0 bridgehead atoms. The number of rotatable bonds is 7. The van der Waals surface area contributed by atoms with Crippen LogP contribution >= 0.6 is 0 Å². The highest BCUT2D eigenvalue weighted by atomic mass is 16.5. The summed E-state index contributed by atoms with van der Waals surface area (Å²) in [6, 6.07) is 14.3. The number of amides is 1. The zero-order valence-corrected chi connectivity index (χ0v) is 14.2. The molecule has 0 saturated carbocycles. The molecule has 0 spiro atoms. The molecule has 1 amide bonds. The van der Waals surface area contributed by atoms with Crippen LogP contribution in [0.4, 0.5) is 0 Å². The first kappa shape index (κ1) is 17.1. The van der Waals surface area contributed by atoms with E-state index in [1.807, 2.05) is 31.2 Å². The predicted octanol–water partition coefficient (Wildman–Crippen LogP) is 3.74. The highest BCUT2D eigenvalue weighted by Crippen LogP contribution is 2.12. The second-order valence-corrected chi connectivity index (χ2v) is 5.93. The molecule has 0 aliphatic heterocycles. The lowest BCUT2D eigenvalue weighted by atomic mass is 10.0. The van der Waals surface area contributed by atoms with Crippen molar-refractivity contribution in [1.82, 2.24) is 5.32 Å². The summed E-state index contributed by atoms with van der Waals surface area (Å²) in [4.78, 5) is 11.9. The molecule has 0 aliphatic rings. The molecule has 0 atom stereocenters. The van der Waals surface area contributed by atoms with E-state index in [9.17, 15) is 4.79 Å². The molecule has 3 nitrogen and oxygen atoms in total. The van der Waals surface area contributed by atoms with Gasteiger partial charge in [0.15, 0.2) is 0 Å². The van der Waals surface area contributed by atoms with Gasteiger partial charge in [0.1, 0.15) is 12.4 Å². The molecule has 0 heterocycles. The summed E-state index contributed by atoms with van der Waals surface area (Å²) in [6.45, 7) is 7.25. The Balaban J connectivity index is 1.65. The Morgan fingerprint density at radius 2 is 1.74 bits per heavy atom. The third kappa shape index (κ3) is 5.78. The third-order valence-corrected chi connectivity index (χ3v) is 3.93. The van der Waals surface area contributed by atoms with Gasteiger partial charge < -0.3 is 10.1 Å². The van der Waals surface area contributed by atoms with E-state index in [4.69, 9.17) is 4.74 Å². The van der Waals surface area contributed by atoms with Gasteiger partial charge in [-0.2, -0.15) is 0 Å². The van der Waals surface area contributed by atoms with Crippen LogP contribution in [0, 0.1) is 20.8 Å². The van der Waals surface area contributed by atoms with Gasteiger partial charge >= 0.3 is 0 Å². The number of carbonyl (C=O) groups is 1. The fraction of sp³-hybridized carbons (Fsp3) is 0.350. The second kappa shape index (κ2) is 8.37. The summed E-state index contributed by atoms with van der Waals surface area (Å²) < 4.78 is 5.59. The maximum absolute atomic E-state index is 11.9. The van der Waals surface area contributed by atoms with Crippen molar-refractivity contribution in [2.24, 2.45) is 0 Å². The molecule has 0 aromatic heterocycles. The third-order valence-electron chi connectivity index (χ3n) is 3.93. The van der Waals surface area contributed by atoms with Crippen molar-refractivity contribution in [3.8, 4) is 5.75 Å². The van der Waals surface area contributed by atoms with Gasteiger partial charge in [0, 0.05) is 6.42 Å². The van der Waals surface area contributed by atoms with Gasteiger partial charge in [0.05, 0.1) is 6.54 Å². The summed E-state index contributed by atoms with van der Waals surface area (Å²) in [5.41, 5.74) is 4.97. The molecular formula is C20H25NO2. The van der Waals surface area contributed by atoms with Crippen LogP contribution in [-0.4, -0.2) is 19.1 Å². The van der Waals surface area contributed by atoms with Crippen LogP contribution < -0.4 is 10.1 Å². The topological polar surface area (TPSA) is 38.3 Å². The van der Waals surface area contributed by atoms with Crippen LogP contribution in [0.3, 0.4) is 0 Å². The number of hydrogen-bond donors (Lipinski definition) is 1. The Hall–Kier alpha value is -2.29. The van der Waals surface area contributed by atoms with Gasteiger partial charge in [0.2, 0.25) is 5.91 Å². The predicted molar refractivity (Wildman–Crippen MR) is 93.9 cm³/mol. The molecule has 0 fully saturated rings. The molecule has 0 saturated heterocycles. The summed E-state index contributed by atoms with van der Waals surface area (Å²) >= 11 is 0. The highest BCUT2D eigenvalue weighted by Gasteiger charge is 2.03. The SMILES string of the molecule is Cc1ccc(OCCNC(=O)CCc2ccc(C)c(C)c2)cc1. The normalized spacial score (nSPS) is 10.4. The monoisotopic (exact) mass is 311 g/mol. The van der Waals surface area contributed by atoms with Gasteiger partial charge in [-0.25, -0.2) is 0 Å². The Labute approximate surface area is 138 Å². The molecular weight excluding hydrogens is 286 g/mol. The van der Waals surface area contributed by atoms with E-state index >= 15 is 0 Å². The Morgan fingerprint density at radius 1 is 1.00 bits per heavy atom. The zero-order chi connectivity index (χ0) is 16.7. The minimum absolute atomic E-state index is 0.0655. The van der Waals surface area contributed by atoms with Crippen molar-refractivity contribution < 1.29 is 9.53 Å². The highest BCUT2D eigenvalue weighted by molar-refractivity contribution is 5.76. The lowest BCUT2D eigenvalue weighted by molar-refractivity contribution is -0.121. The molecule has 122 valence electrons. The van der Waals surface area contributed by atoms with Crippen molar-refractivity contribution in [1.29, 1.82) is 0 Å². The first-order chi connectivity index (χ1) is 11.0. The Kier molecular flexibility index (Phi) is 6.21. The summed E-state index contributed by atoms with van der Waals surface area (Å²) in [7, 11) is 0. The van der Waals surface area contributed by atoms with E-state index < -0.39 is 0 Å². The van der Waals surface area contributed by atoms with E-state index in [2.05, 4.69) is 37.4 Å². The van der Waals surface area contributed by atoms with Crippen molar-refractivity contribution in [3.05, 3.63) is 64.7 Å². The van der Waals surface area contributed by atoms with Crippen molar-refractivity contribution in [2.75, 3.05) is 13.2 Å². The van der Waals surface area contributed by atoms with Gasteiger partial charge in [-0.1, -0.05) is 35.9 Å². The fourth-order valence-electron chi connectivity index (χ4n) is 2.30. The number of aryl methyl sites for hydroxylation is 4. The minimum Gasteiger partial charge on any atom is -0.492 e. The van der Waals surface area contributed by atoms with E-state index in [-0.39, 0.29) is 5.91 Å². The standard InChI is InChI=1S/C20H25NO2/c1-15-4-9-19(10-5-15)23-13-12-21-20(22)11-8-18-7-6-16(2)17(3)14-18/h4-7,9-10,14H,8,11-13H2,1-3H3,(H,21,22). The van der Waals surface area contributed by atoms with E-state index in [0.717, 1.165) is 12.2 Å². The molecule has 23 heavy (non-hydrogen) atoms. The summed E-state index contributed by atoms with van der Waals surface area (Å²) in [5.74, 6) is 0.899. The lowest BCUT2D eigenvalue weighted by Crippen LogP contribution is -2.28. The molecule has 0 radical (unpaired) electrons. The molecule has 0 unspecified atom stereocenters. The van der Waals surface area contributed by atoms with Crippen LogP contribution in [0.5, 0.6) is 5.75 Å². The van der Waals surface area contributed by atoms with Crippen molar-refractivity contribution in [3.63, 3.8) is 0 Å². The number of ether oxygens (including phenoxy) is 1. The second-order valence-electron chi connectivity index (χ2n) is 5.93. The van der Waals surface area contributed by atoms with Crippen LogP contribution in [0.1, 0.15) is 28.7 Å². The zero-order valence-electron chi connectivity index (χ0n) is 14.2. The maximum Gasteiger partial charge on any atom is 0.220 e. The smallest absolute Gasteiger partial charge is 0.220 e. The molecule has 0 aliphatic carbocycles. The molecule has 2 aromatic rings. The maximum atomic E-state index is 11.9. The average Bonchev–Trinajstić information content (AvgIpc) is 2.54. The van der Waals surface area contributed by atoms with E-state index in [1.54, 1.807) is 0 Å². The first-order valence-electron chi connectivity index (χ1n) is 8.07. The number of carbonyl (C=O) groups excluding carboxylic acids is 1. The van der Waals surface area contributed by atoms with E-state index in [1.165, 1.54) is 22.3 Å². The summed E-state index contributed by atoms with van der Waals surface area (Å²) in [6.07, 6.45) is 1.28. The van der Waals surface area contributed by atoms with Crippen LogP contribution in [0.15, 0.2) is 42.5 Å². The number of hydrogen-bond acceptors (Lipinski definition) is 2. The quantitative estimate of drug-likeness (QED) is 0.791. The van der Waals surface area contributed by atoms with Crippen LogP contribution in [0.25, 0.3) is 0 Å². The molecule has 2 aromatic carbocycles. The van der Waals surface area contributed by atoms with Gasteiger partial charge in [-0.15, -0.1) is 0 Å². The molecule has 2 rings (SSSR count). The average molecular weight is 311 g/mol. The largest absolute Gasteiger partial charge is 0.492 e. The van der Waals surface area contributed by atoms with Crippen LogP contribution in [0.2, 0.25) is 0 Å². The molecule has 1 N–H and O–H groups in total. The number of benzene rings is 2. The summed E-state index contributed by atoms with van der Waals surface area (Å²) in [5, 5.41) is 2.90. The van der Waals surface area contributed by atoms with Gasteiger partial charge in [0.25, 0.3) is 0 Å². The fourth-order valence-corrected chi connectivity index (χ4v) is 2.30. The Bertz CT molecular complexity index is 647. The minimum atomic E-state index is 0.0655. The number of nitrogens with one attached hydrogen (secondary N) is 1. The molecule has 3 heteroatoms. The van der Waals surface area contributed by atoms with Crippen LogP contribution in [-0.2, 0) is 11.2 Å². The van der Waals surface area contributed by atoms with Crippen molar-refractivity contribution in [2.45, 2.75) is 33.6 Å². The Morgan fingerprint density at radius 3 is 2.43 bits per heavy atom. The van der Waals surface area contributed by atoms with Gasteiger partial charge in [-0.3, -0.25) is 4.79 Å². The first-order valence-corrected chi connectivity index (χ1v) is 8.07. The van der Waals surface area contributed by atoms with Crippen molar-refractivity contribution >= 4 is 5.91 Å². The van der Waals surface area contributed by atoms with Gasteiger partial charge in [-0.05, 0) is 56.0 Å². The lowest BCUT2D eigenvalue weighted by Gasteiger charge is -2.08.